The van der Waals surface area contributed by atoms with Crippen molar-refractivity contribution in [1.29, 1.82) is 0 Å². The monoisotopic (exact) mass is 262 g/mol. The summed E-state index contributed by atoms with van der Waals surface area (Å²) in [7, 11) is 0. The summed E-state index contributed by atoms with van der Waals surface area (Å²) in [6.45, 7) is 10.0. The number of hydrogen-bond acceptors (Lipinski definition) is 0. The predicted octanol–water partition coefficient (Wildman–Crippen LogP) is 5.58. The largest absolute Gasteiger partial charge is 2.00 e. The summed E-state index contributed by atoms with van der Waals surface area (Å²) in [5.41, 5.74) is 0. The van der Waals surface area contributed by atoms with E-state index in [-0.39, 0.29) is 19.5 Å². The molecule has 2 aliphatic rings. The summed E-state index contributed by atoms with van der Waals surface area (Å²) in [5, 5.41) is 0. The van der Waals surface area contributed by atoms with Gasteiger partial charge >= 0.3 is 19.5 Å². The molecule has 15 heavy (non-hydrogen) atoms. The van der Waals surface area contributed by atoms with Crippen molar-refractivity contribution in [1.82, 2.24) is 0 Å². The molecule has 2 fully saturated rings. The minimum absolute atomic E-state index is 0. The molecule has 2 rings (SSSR count). The van der Waals surface area contributed by atoms with Crippen LogP contribution in [0, 0.1) is 13.8 Å². The van der Waals surface area contributed by atoms with E-state index in [2.05, 4.69) is 13.8 Å². The topological polar surface area (TPSA) is 0 Å². The Labute approximate surface area is 111 Å². The first kappa shape index (κ1) is 21.0. The van der Waals surface area contributed by atoms with Gasteiger partial charge in [0.2, 0.25) is 0 Å². The van der Waals surface area contributed by atoms with Gasteiger partial charge in [-0.2, -0.15) is 13.8 Å². The van der Waals surface area contributed by atoms with Gasteiger partial charge in [-0.25, -0.2) is 0 Å². The maximum absolute atomic E-state index is 3.25. The molecule has 0 unspecified atom stereocenters. The smallest absolute Gasteiger partial charge is 0.346 e. The van der Waals surface area contributed by atoms with Gasteiger partial charge in [-0.15, -0.1) is 0 Å². The SMILES string of the molecule is C1CCCC1.C1CCCC1.[CH2-]C.[CH2-]C.[Zn+2]. The Hall–Kier alpha value is 0.623. The zero-order chi connectivity index (χ0) is 11.1. The van der Waals surface area contributed by atoms with Gasteiger partial charge < -0.3 is 13.8 Å². The van der Waals surface area contributed by atoms with Crippen LogP contribution in [0.1, 0.15) is 78.1 Å². The van der Waals surface area contributed by atoms with Crippen molar-refractivity contribution >= 4 is 0 Å². The first-order valence-corrected chi connectivity index (χ1v) is 6.41. The van der Waals surface area contributed by atoms with Crippen LogP contribution in [0.25, 0.3) is 0 Å². The molecule has 0 spiro atoms. The van der Waals surface area contributed by atoms with Crippen LogP contribution in [0.3, 0.4) is 0 Å². The normalized spacial score (nSPS) is 16.8. The molecule has 1 heteroatoms. The first-order valence-electron chi connectivity index (χ1n) is 6.41. The van der Waals surface area contributed by atoms with Gasteiger partial charge in [0.05, 0.1) is 0 Å². The van der Waals surface area contributed by atoms with Gasteiger partial charge in [0.1, 0.15) is 0 Å². The van der Waals surface area contributed by atoms with Gasteiger partial charge in [0, 0.05) is 0 Å². The summed E-state index contributed by atoms with van der Waals surface area (Å²) >= 11 is 0. The van der Waals surface area contributed by atoms with Crippen molar-refractivity contribution in [3.63, 3.8) is 0 Å². The quantitative estimate of drug-likeness (QED) is 0.395. The Morgan fingerprint density at radius 1 is 0.400 bits per heavy atom. The fraction of sp³-hybridized carbons (Fsp3) is 0.857. The minimum atomic E-state index is 0. The molecule has 0 saturated heterocycles. The summed E-state index contributed by atoms with van der Waals surface area (Å²) in [6, 6.07) is 0. The van der Waals surface area contributed by atoms with E-state index < -0.39 is 0 Å². The third kappa shape index (κ3) is 20.6. The first-order chi connectivity index (χ1) is 7.00. The van der Waals surface area contributed by atoms with E-state index >= 15 is 0 Å². The summed E-state index contributed by atoms with van der Waals surface area (Å²) in [6.07, 6.45) is 15.0. The maximum atomic E-state index is 3.25. The second-order valence-corrected chi connectivity index (χ2v) is 3.54. The van der Waals surface area contributed by atoms with Crippen LogP contribution < -0.4 is 0 Å². The molecule has 0 nitrogen and oxygen atoms in total. The molecule has 0 aromatic heterocycles. The average Bonchev–Trinajstić information content (AvgIpc) is 3.01. The van der Waals surface area contributed by atoms with Crippen LogP contribution in [-0.2, 0) is 19.5 Å². The van der Waals surface area contributed by atoms with E-state index in [1.807, 2.05) is 0 Å². The van der Waals surface area contributed by atoms with Crippen LogP contribution in [0.4, 0.5) is 0 Å². The Morgan fingerprint density at radius 3 is 0.533 bits per heavy atom. The fourth-order valence-electron chi connectivity index (χ4n) is 1.77. The van der Waals surface area contributed by atoms with Crippen molar-refractivity contribution in [3.05, 3.63) is 13.8 Å². The number of hydrogen-bond donors (Lipinski definition) is 0. The summed E-state index contributed by atoms with van der Waals surface area (Å²) in [5.74, 6) is 0. The van der Waals surface area contributed by atoms with Crippen LogP contribution >= 0.6 is 0 Å². The van der Waals surface area contributed by atoms with E-state index in [0.29, 0.717) is 0 Å². The summed E-state index contributed by atoms with van der Waals surface area (Å²) in [4.78, 5) is 0. The van der Waals surface area contributed by atoms with Crippen molar-refractivity contribution in [2.75, 3.05) is 0 Å². The van der Waals surface area contributed by atoms with Crippen molar-refractivity contribution < 1.29 is 19.5 Å². The third-order valence-electron chi connectivity index (χ3n) is 2.50. The zero-order valence-electron chi connectivity index (χ0n) is 11.2. The average molecular weight is 264 g/mol. The molecule has 0 amide bonds. The fourth-order valence-corrected chi connectivity index (χ4v) is 1.77. The van der Waals surface area contributed by atoms with Crippen LogP contribution in [-0.4, -0.2) is 0 Å². The molecule has 0 heterocycles. The molecule has 2 saturated carbocycles. The Kier molecular flexibility index (Phi) is 33.6. The van der Waals surface area contributed by atoms with Crippen LogP contribution in [0.2, 0.25) is 0 Å². The molecule has 0 bridgehead atoms. The molecular formula is C14H30Zn. The van der Waals surface area contributed by atoms with E-state index in [1.54, 1.807) is 13.8 Å². The van der Waals surface area contributed by atoms with Gasteiger partial charge in [-0.3, -0.25) is 0 Å². The van der Waals surface area contributed by atoms with Crippen LogP contribution in [0.15, 0.2) is 0 Å². The third-order valence-corrected chi connectivity index (χ3v) is 2.50. The molecule has 0 N–H and O–H groups in total. The Bertz CT molecular complexity index is 38.5. The van der Waals surface area contributed by atoms with Crippen LogP contribution in [0.5, 0.6) is 0 Å². The van der Waals surface area contributed by atoms with Gasteiger partial charge in [-0.05, 0) is 0 Å². The molecule has 0 aromatic carbocycles. The number of rotatable bonds is 0. The van der Waals surface area contributed by atoms with E-state index in [0.717, 1.165) is 0 Å². The molecule has 2 aliphatic carbocycles. The molecular weight excluding hydrogens is 234 g/mol. The van der Waals surface area contributed by atoms with E-state index in [4.69, 9.17) is 0 Å². The van der Waals surface area contributed by atoms with Gasteiger partial charge in [-0.1, -0.05) is 64.2 Å². The predicted molar refractivity (Wildman–Crippen MR) is 68.2 cm³/mol. The Balaban J connectivity index is -0.000000138. The molecule has 0 atom stereocenters. The Morgan fingerprint density at radius 2 is 0.467 bits per heavy atom. The van der Waals surface area contributed by atoms with E-state index in [9.17, 15) is 0 Å². The van der Waals surface area contributed by atoms with Crippen molar-refractivity contribution in [2.24, 2.45) is 0 Å². The molecule has 0 aliphatic heterocycles. The second kappa shape index (κ2) is 24.0. The van der Waals surface area contributed by atoms with E-state index in [1.165, 1.54) is 64.2 Å². The van der Waals surface area contributed by atoms with Crippen molar-refractivity contribution in [2.45, 2.75) is 78.1 Å². The van der Waals surface area contributed by atoms with Gasteiger partial charge in [0.15, 0.2) is 0 Å². The second-order valence-electron chi connectivity index (χ2n) is 3.54. The molecule has 0 aromatic rings. The standard InChI is InChI=1S/2C5H10.2C2H5.Zn/c2*1-2-4-5-3-1;2*1-2;/h2*1-5H2;2*1H2,2H3;/q;;2*-1;+2. The van der Waals surface area contributed by atoms with Gasteiger partial charge in [0.25, 0.3) is 0 Å². The molecule has 88 valence electrons. The molecule has 0 radical (unpaired) electrons. The minimum Gasteiger partial charge on any atom is -0.346 e. The maximum Gasteiger partial charge on any atom is 2.00 e. The zero-order valence-corrected chi connectivity index (χ0v) is 14.2. The van der Waals surface area contributed by atoms with Crippen molar-refractivity contribution in [3.8, 4) is 0 Å². The summed E-state index contributed by atoms with van der Waals surface area (Å²) < 4.78 is 0.